The highest BCUT2D eigenvalue weighted by molar-refractivity contribution is 5.98. The van der Waals surface area contributed by atoms with E-state index < -0.39 is 95.6 Å². The normalized spacial score (nSPS) is 13.8. The summed E-state index contributed by atoms with van der Waals surface area (Å²) >= 11 is 0. The van der Waals surface area contributed by atoms with Crippen LogP contribution in [0.3, 0.4) is 0 Å². The molecule has 0 radical (unpaired) electrons. The third-order valence-electron chi connectivity index (χ3n) is 12.0. The van der Waals surface area contributed by atoms with Gasteiger partial charge in [-0.1, -0.05) is 74.5 Å². The summed E-state index contributed by atoms with van der Waals surface area (Å²) in [5.41, 5.74) is 57.5. The zero-order valence-corrected chi connectivity index (χ0v) is 45.9. The molecular formula is C51H85N21O8. The highest BCUT2D eigenvalue weighted by Crippen LogP contribution is 2.11. The molecular weight excluding hydrogens is 1030 g/mol. The van der Waals surface area contributed by atoms with E-state index in [1.165, 1.54) is 6.92 Å². The van der Waals surface area contributed by atoms with Crippen LogP contribution in [0.2, 0.25) is 0 Å². The molecule has 29 nitrogen and oxygen atoms in total. The van der Waals surface area contributed by atoms with Gasteiger partial charge in [-0.25, -0.2) is 0 Å². The van der Waals surface area contributed by atoms with Crippen LogP contribution in [0.15, 0.2) is 80.6 Å². The Morgan fingerprint density at radius 1 is 0.388 bits per heavy atom. The molecule has 0 heterocycles. The molecule has 0 aliphatic carbocycles. The highest BCUT2D eigenvalue weighted by Gasteiger charge is 2.34. The Morgan fingerprint density at radius 3 is 0.988 bits per heavy atom. The number of nitrogens with two attached hydrogens (primary N) is 10. The molecule has 80 heavy (non-hydrogen) atoms. The first kappa shape index (κ1) is 67.3. The number of aliphatic imine (C=N–C) groups is 4. The van der Waals surface area contributed by atoms with Gasteiger partial charge < -0.3 is 94.6 Å². The van der Waals surface area contributed by atoms with Crippen molar-refractivity contribution in [1.29, 1.82) is 0 Å². The molecule has 0 aromatic heterocycles. The lowest BCUT2D eigenvalue weighted by Gasteiger charge is -2.28. The van der Waals surface area contributed by atoms with Crippen LogP contribution in [0.1, 0.15) is 89.7 Å². The summed E-state index contributed by atoms with van der Waals surface area (Å²) in [6.45, 7) is 5.36. The van der Waals surface area contributed by atoms with Gasteiger partial charge in [0.15, 0.2) is 23.8 Å². The van der Waals surface area contributed by atoms with Gasteiger partial charge in [0, 0.05) is 39.0 Å². The summed E-state index contributed by atoms with van der Waals surface area (Å²) in [5, 5.41) is 18.7. The number of primary amides is 1. The number of rotatable bonds is 37. The largest absolute Gasteiger partial charge is 0.370 e. The molecule has 2 rings (SSSR count). The number of guanidine groups is 4. The van der Waals surface area contributed by atoms with Crippen molar-refractivity contribution in [2.75, 3.05) is 26.2 Å². The van der Waals surface area contributed by atoms with E-state index in [4.69, 9.17) is 57.3 Å². The minimum Gasteiger partial charge on any atom is -0.370 e. The van der Waals surface area contributed by atoms with Gasteiger partial charge in [-0.15, -0.1) is 0 Å². The number of hydrogen-bond acceptors (Lipinski definition) is 13. The van der Waals surface area contributed by atoms with Gasteiger partial charge in [0.2, 0.25) is 47.3 Å². The van der Waals surface area contributed by atoms with Crippen molar-refractivity contribution in [3.05, 3.63) is 71.8 Å². The van der Waals surface area contributed by atoms with Crippen molar-refractivity contribution in [3.63, 3.8) is 0 Å². The Balaban J connectivity index is 2.55. The second kappa shape index (κ2) is 36.4. The second-order valence-corrected chi connectivity index (χ2v) is 19.4. The number of benzene rings is 2. The van der Waals surface area contributed by atoms with E-state index in [1.807, 2.05) is 13.8 Å². The number of nitrogens with zero attached hydrogens (tertiary/aromatic N) is 4. The fourth-order valence-electron chi connectivity index (χ4n) is 7.88. The molecule has 2 aromatic rings. The fourth-order valence-corrected chi connectivity index (χ4v) is 7.88. The van der Waals surface area contributed by atoms with E-state index in [9.17, 15) is 38.4 Å². The Hall–Kier alpha value is -8.76. The predicted molar refractivity (Wildman–Crippen MR) is 306 cm³/mol. The molecule has 0 bridgehead atoms. The first-order chi connectivity index (χ1) is 37.9. The second-order valence-electron chi connectivity index (χ2n) is 19.4. The van der Waals surface area contributed by atoms with Crippen molar-refractivity contribution < 1.29 is 38.4 Å². The molecule has 8 amide bonds. The summed E-state index contributed by atoms with van der Waals surface area (Å²) in [6, 6.07) is 7.45. The summed E-state index contributed by atoms with van der Waals surface area (Å²) in [6.07, 6.45) is 0.715. The lowest BCUT2D eigenvalue weighted by molar-refractivity contribution is -0.136. The SMILES string of the molecule is CC(C)C[C@H](N)C(=O)N[C@@H](CCCN=C(N)N)C(=O)N[C@@H](CCCN=C(N)N)C(=O)N[C@@H](CCCN=C(N)N)C(=O)N[C@@H](CCCN=C(N)N)C(=O)N[C@@H](Cc1ccccc1)C(=O)N[C@H](C)C(=O)N[C@@H](Cc1ccccc1)C(N)=O. The molecule has 27 N–H and O–H groups in total. The molecule has 0 aliphatic rings. The van der Waals surface area contributed by atoms with Crippen molar-refractivity contribution in [2.24, 2.45) is 83.2 Å². The van der Waals surface area contributed by atoms with E-state index in [1.54, 1.807) is 60.7 Å². The average molecular weight is 1120 g/mol. The Bertz CT molecular complexity index is 2430. The smallest absolute Gasteiger partial charge is 0.243 e. The van der Waals surface area contributed by atoms with E-state index in [0.29, 0.717) is 12.0 Å². The molecule has 0 saturated heterocycles. The summed E-state index contributed by atoms with van der Waals surface area (Å²) < 4.78 is 0. The quantitative estimate of drug-likeness (QED) is 0.0171. The molecule has 442 valence electrons. The molecule has 0 saturated carbocycles. The number of nitrogens with one attached hydrogen (secondary N) is 7. The highest BCUT2D eigenvalue weighted by atomic mass is 16.2. The van der Waals surface area contributed by atoms with Gasteiger partial charge >= 0.3 is 0 Å². The minimum atomic E-state index is -1.42. The van der Waals surface area contributed by atoms with E-state index in [-0.39, 0.29) is 120 Å². The fraction of sp³-hybridized carbons (Fsp3) is 0.529. The number of carbonyl (C=O) groups excluding carboxylic acids is 8. The van der Waals surface area contributed by atoms with Gasteiger partial charge in [0.1, 0.15) is 42.3 Å². The van der Waals surface area contributed by atoms with Crippen LogP contribution in [0.4, 0.5) is 0 Å². The van der Waals surface area contributed by atoms with E-state index in [0.717, 1.165) is 5.56 Å². The minimum absolute atomic E-state index is 0.0200. The van der Waals surface area contributed by atoms with Crippen LogP contribution >= 0.6 is 0 Å². The molecule has 8 atom stereocenters. The topological polar surface area (TPSA) is 530 Å². The van der Waals surface area contributed by atoms with Crippen LogP contribution in [0, 0.1) is 5.92 Å². The van der Waals surface area contributed by atoms with Crippen LogP contribution in [-0.4, -0.2) is 146 Å². The molecule has 2 aromatic carbocycles. The number of hydrogen-bond donors (Lipinski definition) is 17. The van der Waals surface area contributed by atoms with Gasteiger partial charge in [-0.2, -0.15) is 0 Å². The third kappa shape index (κ3) is 28.0. The average Bonchev–Trinajstić information content (AvgIpc) is 3.39. The van der Waals surface area contributed by atoms with Gasteiger partial charge in [-0.3, -0.25) is 58.3 Å². The van der Waals surface area contributed by atoms with Gasteiger partial charge in [-0.05, 0) is 81.8 Å². The first-order valence-electron chi connectivity index (χ1n) is 26.3. The molecule has 29 heteroatoms. The monoisotopic (exact) mass is 1120 g/mol. The molecule has 0 aliphatic heterocycles. The van der Waals surface area contributed by atoms with Crippen LogP contribution in [-0.2, 0) is 51.2 Å². The standard InChI is InChI=1S/C51H85N21O8/c1-29(2)26-33(52)42(75)67-34(18-10-22-62-48(54)55)43(76)68-35(19-11-23-63-49(56)57)44(77)69-36(20-12-24-64-50(58)59)45(78)70-37(21-13-25-65-51(60)61)46(79)72-39(28-32-16-8-5-9-17-32)47(80)66-30(3)41(74)71-38(40(53)73)27-31-14-6-4-7-15-31/h4-9,14-17,29-30,33-39H,10-13,18-28,52H2,1-3H3,(H2,53,73)(H,66,80)(H,67,75)(H,68,76)(H,69,77)(H,70,78)(H,71,74)(H,72,79)(H4,54,55,62)(H4,56,57,63)(H4,58,59,64)(H4,60,61,65)/t30-,33+,34+,35+,36+,37+,38+,39+/m1/s1. The number of carbonyl (C=O) groups is 8. The maximum absolute atomic E-state index is 14.6. The van der Waals surface area contributed by atoms with Crippen molar-refractivity contribution >= 4 is 71.1 Å². The lowest BCUT2D eigenvalue weighted by Crippen LogP contribution is -2.60. The first-order valence-corrected chi connectivity index (χ1v) is 26.3. The third-order valence-corrected chi connectivity index (χ3v) is 12.0. The van der Waals surface area contributed by atoms with Gasteiger partial charge in [0.05, 0.1) is 6.04 Å². The predicted octanol–water partition coefficient (Wildman–Crippen LogP) is -5.04. The molecule has 0 unspecified atom stereocenters. The Labute approximate surface area is 466 Å². The lowest BCUT2D eigenvalue weighted by atomic mass is 10.0. The Morgan fingerprint density at radius 2 is 0.675 bits per heavy atom. The van der Waals surface area contributed by atoms with E-state index in [2.05, 4.69) is 57.2 Å². The molecule has 0 fully saturated rings. The van der Waals surface area contributed by atoms with Crippen LogP contribution in [0.5, 0.6) is 0 Å². The molecule has 0 spiro atoms. The van der Waals surface area contributed by atoms with Gasteiger partial charge in [0.25, 0.3) is 0 Å². The zero-order valence-electron chi connectivity index (χ0n) is 45.9. The van der Waals surface area contributed by atoms with E-state index >= 15 is 0 Å². The maximum Gasteiger partial charge on any atom is 0.243 e. The van der Waals surface area contributed by atoms with Crippen LogP contribution in [0.25, 0.3) is 0 Å². The van der Waals surface area contributed by atoms with Crippen LogP contribution < -0.4 is 94.6 Å². The summed E-state index contributed by atoms with van der Waals surface area (Å²) in [4.78, 5) is 127. The van der Waals surface area contributed by atoms with Crippen molar-refractivity contribution in [1.82, 2.24) is 37.2 Å². The summed E-state index contributed by atoms with van der Waals surface area (Å²) in [5.74, 6) is -7.06. The summed E-state index contributed by atoms with van der Waals surface area (Å²) in [7, 11) is 0. The Kier molecular flexibility index (Phi) is 30.6. The zero-order chi connectivity index (χ0) is 59.7. The number of amides is 8. The van der Waals surface area contributed by atoms with Crippen molar-refractivity contribution in [3.8, 4) is 0 Å². The van der Waals surface area contributed by atoms with Crippen molar-refractivity contribution in [2.45, 2.75) is 140 Å². The maximum atomic E-state index is 14.6.